The van der Waals surface area contributed by atoms with E-state index in [0.29, 0.717) is 23.5 Å². The number of hydrogen-bond donors (Lipinski definition) is 2. The summed E-state index contributed by atoms with van der Waals surface area (Å²) >= 11 is 1.29. The van der Waals surface area contributed by atoms with Crippen LogP contribution in [0.1, 0.15) is 42.3 Å². The Labute approximate surface area is 175 Å². The average molecular weight is 411 g/mol. The van der Waals surface area contributed by atoms with E-state index < -0.39 is 0 Å². The van der Waals surface area contributed by atoms with Crippen LogP contribution in [0.4, 0.5) is 5.69 Å². The van der Waals surface area contributed by atoms with Gasteiger partial charge in [-0.25, -0.2) is 4.98 Å². The van der Waals surface area contributed by atoms with Gasteiger partial charge in [0.05, 0.1) is 5.75 Å². The van der Waals surface area contributed by atoms with E-state index in [4.69, 9.17) is 4.74 Å². The molecule has 3 aromatic rings. The number of ether oxygens (including phenoxy) is 1. The van der Waals surface area contributed by atoms with E-state index in [1.807, 2.05) is 56.3 Å². The summed E-state index contributed by atoms with van der Waals surface area (Å²) in [6.07, 6.45) is 0. The van der Waals surface area contributed by atoms with Crippen molar-refractivity contribution in [3.63, 3.8) is 0 Å². The highest BCUT2D eigenvalue weighted by Crippen LogP contribution is 2.25. The lowest BCUT2D eigenvalue weighted by Gasteiger charge is -2.13. The molecule has 3 rings (SSSR count). The van der Waals surface area contributed by atoms with Crippen molar-refractivity contribution in [3.8, 4) is 5.75 Å². The number of carbonyl (C=O) groups excluding carboxylic acids is 1. The van der Waals surface area contributed by atoms with E-state index in [1.165, 1.54) is 11.8 Å². The number of amides is 1. The Balaban J connectivity index is 1.52. The molecule has 0 fully saturated rings. The molecule has 0 atom stereocenters. The van der Waals surface area contributed by atoms with E-state index in [1.54, 1.807) is 0 Å². The molecular formula is C22H26N4O2S. The fourth-order valence-corrected chi connectivity index (χ4v) is 3.62. The van der Waals surface area contributed by atoms with Crippen LogP contribution in [0.3, 0.4) is 0 Å². The molecule has 29 heavy (non-hydrogen) atoms. The highest BCUT2D eigenvalue weighted by Gasteiger charge is 2.12. The SMILES string of the molecule is Cc1cccc(C)c1OCc1nc(SCC(=O)Nc2ccccc2C(C)C)n[nH]1. The molecule has 7 heteroatoms. The molecule has 2 aromatic carbocycles. The third-order valence-corrected chi connectivity index (χ3v) is 5.31. The molecule has 1 aromatic heterocycles. The van der Waals surface area contributed by atoms with E-state index >= 15 is 0 Å². The minimum atomic E-state index is -0.0822. The lowest BCUT2D eigenvalue weighted by molar-refractivity contribution is -0.113. The van der Waals surface area contributed by atoms with Crippen LogP contribution in [0.5, 0.6) is 5.75 Å². The number of nitrogens with one attached hydrogen (secondary N) is 2. The van der Waals surface area contributed by atoms with E-state index in [0.717, 1.165) is 28.1 Å². The summed E-state index contributed by atoms with van der Waals surface area (Å²) in [4.78, 5) is 16.7. The van der Waals surface area contributed by atoms with Crippen molar-refractivity contribution in [2.75, 3.05) is 11.1 Å². The van der Waals surface area contributed by atoms with Crippen LogP contribution >= 0.6 is 11.8 Å². The Morgan fingerprint density at radius 2 is 1.86 bits per heavy atom. The number of carbonyl (C=O) groups is 1. The Hall–Kier alpha value is -2.80. The number of anilines is 1. The van der Waals surface area contributed by atoms with Crippen LogP contribution in [0.15, 0.2) is 47.6 Å². The second-order valence-corrected chi connectivity index (χ2v) is 8.10. The van der Waals surface area contributed by atoms with Gasteiger partial charge in [0, 0.05) is 5.69 Å². The van der Waals surface area contributed by atoms with Gasteiger partial charge in [0.15, 0.2) is 5.82 Å². The van der Waals surface area contributed by atoms with Gasteiger partial charge in [0.1, 0.15) is 12.4 Å². The predicted octanol–water partition coefficient (Wildman–Crippen LogP) is 4.85. The third kappa shape index (κ3) is 5.60. The minimum Gasteiger partial charge on any atom is -0.485 e. The standard InChI is InChI=1S/C22H26N4O2S/c1-14(2)17-10-5-6-11-18(17)23-20(27)13-29-22-24-19(25-26-22)12-28-21-15(3)8-7-9-16(21)4/h5-11,14H,12-13H2,1-4H3,(H,23,27)(H,24,25,26). The molecule has 6 nitrogen and oxygen atoms in total. The number of nitrogens with zero attached hydrogens (tertiary/aromatic N) is 2. The molecule has 0 unspecified atom stereocenters. The van der Waals surface area contributed by atoms with Gasteiger partial charge in [0.25, 0.3) is 0 Å². The lowest BCUT2D eigenvalue weighted by atomic mass is 10.0. The first kappa shape index (κ1) is 20.9. The number of benzene rings is 2. The van der Waals surface area contributed by atoms with Crippen molar-refractivity contribution in [2.24, 2.45) is 0 Å². The second kappa shape index (κ2) is 9.60. The van der Waals surface area contributed by atoms with Crippen molar-refractivity contribution < 1.29 is 9.53 Å². The Bertz CT molecular complexity index is 964. The average Bonchev–Trinajstić information content (AvgIpc) is 3.14. The number of thioether (sulfide) groups is 1. The van der Waals surface area contributed by atoms with Gasteiger partial charge < -0.3 is 10.1 Å². The smallest absolute Gasteiger partial charge is 0.234 e. The predicted molar refractivity (Wildman–Crippen MR) is 117 cm³/mol. The molecule has 152 valence electrons. The van der Waals surface area contributed by atoms with Crippen LogP contribution in [-0.2, 0) is 11.4 Å². The van der Waals surface area contributed by atoms with Crippen molar-refractivity contribution in [3.05, 3.63) is 65.0 Å². The fraction of sp³-hybridized carbons (Fsp3) is 0.318. The number of aryl methyl sites for hydroxylation is 2. The summed E-state index contributed by atoms with van der Waals surface area (Å²) in [5.74, 6) is 1.98. The Morgan fingerprint density at radius 1 is 1.14 bits per heavy atom. The van der Waals surface area contributed by atoms with Crippen LogP contribution in [0.25, 0.3) is 0 Å². The molecule has 0 aliphatic carbocycles. The zero-order valence-electron chi connectivity index (χ0n) is 17.2. The monoisotopic (exact) mass is 410 g/mol. The van der Waals surface area contributed by atoms with Gasteiger partial charge in [0.2, 0.25) is 11.1 Å². The maximum atomic E-state index is 12.3. The molecule has 0 aliphatic rings. The van der Waals surface area contributed by atoms with Crippen molar-refractivity contribution in [1.29, 1.82) is 0 Å². The highest BCUT2D eigenvalue weighted by molar-refractivity contribution is 7.99. The molecular weight excluding hydrogens is 384 g/mol. The summed E-state index contributed by atoms with van der Waals surface area (Å²) in [5.41, 5.74) is 4.13. The number of H-pyrrole nitrogens is 1. The van der Waals surface area contributed by atoms with Gasteiger partial charge in [-0.05, 0) is 42.5 Å². The molecule has 0 aliphatic heterocycles. The number of rotatable bonds is 8. The first-order valence-corrected chi connectivity index (χ1v) is 10.5. The van der Waals surface area contributed by atoms with Crippen LogP contribution < -0.4 is 10.1 Å². The van der Waals surface area contributed by atoms with Crippen LogP contribution in [0, 0.1) is 13.8 Å². The molecule has 0 saturated carbocycles. The first-order valence-electron chi connectivity index (χ1n) is 9.56. The van der Waals surface area contributed by atoms with Gasteiger partial charge in [-0.2, -0.15) is 0 Å². The lowest BCUT2D eigenvalue weighted by Crippen LogP contribution is -2.15. The fourth-order valence-electron chi connectivity index (χ4n) is 3.00. The van der Waals surface area contributed by atoms with Crippen molar-refractivity contribution in [1.82, 2.24) is 15.2 Å². The second-order valence-electron chi connectivity index (χ2n) is 7.15. The molecule has 1 heterocycles. The summed E-state index contributed by atoms with van der Waals surface area (Å²) in [6, 6.07) is 13.9. The Morgan fingerprint density at radius 3 is 2.59 bits per heavy atom. The molecule has 1 amide bonds. The zero-order valence-corrected chi connectivity index (χ0v) is 18.0. The topological polar surface area (TPSA) is 79.9 Å². The molecule has 0 spiro atoms. The van der Waals surface area contributed by atoms with Gasteiger partial charge in [-0.15, -0.1) is 5.10 Å². The molecule has 0 saturated heterocycles. The molecule has 2 N–H and O–H groups in total. The van der Waals surface area contributed by atoms with Gasteiger partial charge in [-0.3, -0.25) is 9.89 Å². The zero-order chi connectivity index (χ0) is 20.8. The van der Waals surface area contributed by atoms with Crippen molar-refractivity contribution in [2.45, 2.75) is 45.4 Å². The van der Waals surface area contributed by atoms with Crippen LogP contribution in [0.2, 0.25) is 0 Å². The minimum absolute atomic E-state index is 0.0822. The number of aromatic nitrogens is 3. The van der Waals surface area contributed by atoms with Crippen LogP contribution in [-0.4, -0.2) is 26.8 Å². The number of hydrogen-bond acceptors (Lipinski definition) is 5. The number of aromatic amines is 1. The van der Waals surface area contributed by atoms with E-state index in [9.17, 15) is 4.79 Å². The summed E-state index contributed by atoms with van der Waals surface area (Å²) in [5, 5.41) is 10.5. The quantitative estimate of drug-likeness (QED) is 0.519. The third-order valence-electron chi connectivity index (χ3n) is 4.46. The van der Waals surface area contributed by atoms with Crippen molar-refractivity contribution >= 4 is 23.4 Å². The van der Waals surface area contributed by atoms with E-state index in [-0.39, 0.29) is 11.7 Å². The molecule has 0 bridgehead atoms. The first-order chi connectivity index (χ1) is 13.9. The summed E-state index contributed by atoms with van der Waals surface area (Å²) in [7, 11) is 0. The maximum absolute atomic E-state index is 12.3. The highest BCUT2D eigenvalue weighted by atomic mass is 32.2. The van der Waals surface area contributed by atoms with E-state index in [2.05, 4.69) is 34.3 Å². The summed E-state index contributed by atoms with van der Waals surface area (Å²) < 4.78 is 5.88. The summed E-state index contributed by atoms with van der Waals surface area (Å²) in [6.45, 7) is 8.54. The normalized spacial score (nSPS) is 10.9. The van der Waals surface area contributed by atoms with Gasteiger partial charge >= 0.3 is 0 Å². The van der Waals surface area contributed by atoms with Gasteiger partial charge in [-0.1, -0.05) is 62.0 Å². The largest absolute Gasteiger partial charge is 0.485 e. The molecule has 0 radical (unpaired) electrons. The maximum Gasteiger partial charge on any atom is 0.234 e. The number of para-hydroxylation sites is 2. The Kier molecular flexibility index (Phi) is 6.93.